The van der Waals surface area contributed by atoms with E-state index < -0.39 is 5.97 Å². The molecule has 21 heavy (non-hydrogen) atoms. The molecule has 0 aromatic carbocycles. The largest absolute Gasteiger partial charge is 0.481 e. The van der Waals surface area contributed by atoms with E-state index in [1.165, 1.54) is 0 Å². The zero-order valence-electron chi connectivity index (χ0n) is 12.6. The summed E-state index contributed by atoms with van der Waals surface area (Å²) in [6.45, 7) is 4.84. The quantitative estimate of drug-likeness (QED) is 0.555. The molecule has 1 fully saturated rings. The highest BCUT2D eigenvalue weighted by molar-refractivity contribution is 5.78. The zero-order valence-corrected chi connectivity index (χ0v) is 12.6. The Labute approximate surface area is 124 Å². The molecule has 1 aliphatic heterocycles. The van der Waals surface area contributed by atoms with Gasteiger partial charge in [-0.1, -0.05) is 13.8 Å². The highest BCUT2D eigenvalue weighted by atomic mass is 16.4. The zero-order chi connectivity index (χ0) is 15.8. The molecule has 0 aliphatic carbocycles. The van der Waals surface area contributed by atoms with Gasteiger partial charge >= 0.3 is 12.0 Å². The van der Waals surface area contributed by atoms with Gasteiger partial charge in [-0.2, -0.15) is 0 Å². The van der Waals surface area contributed by atoms with Crippen molar-refractivity contribution in [2.75, 3.05) is 13.1 Å². The van der Waals surface area contributed by atoms with Crippen LogP contribution in [0.2, 0.25) is 0 Å². The van der Waals surface area contributed by atoms with Gasteiger partial charge in [0.1, 0.15) is 0 Å². The van der Waals surface area contributed by atoms with Crippen LogP contribution in [0.4, 0.5) is 4.79 Å². The molecule has 2 unspecified atom stereocenters. The first-order chi connectivity index (χ1) is 9.86. The molecule has 7 nitrogen and oxygen atoms in total. The fourth-order valence-electron chi connectivity index (χ4n) is 2.48. The van der Waals surface area contributed by atoms with E-state index in [9.17, 15) is 14.4 Å². The third kappa shape index (κ3) is 7.53. The summed E-state index contributed by atoms with van der Waals surface area (Å²) >= 11 is 0. The van der Waals surface area contributed by atoms with Crippen molar-refractivity contribution in [2.45, 2.75) is 45.6 Å². The number of rotatable bonds is 7. The minimum Gasteiger partial charge on any atom is -0.481 e. The fraction of sp³-hybridized carbons (Fsp3) is 0.786. The van der Waals surface area contributed by atoms with E-state index in [1.54, 1.807) is 0 Å². The summed E-state index contributed by atoms with van der Waals surface area (Å²) in [5, 5.41) is 17.1. The number of carboxylic acids is 1. The third-order valence-corrected chi connectivity index (χ3v) is 3.42. The van der Waals surface area contributed by atoms with Gasteiger partial charge in [0.05, 0.1) is 0 Å². The van der Waals surface area contributed by atoms with Crippen LogP contribution < -0.4 is 16.0 Å². The van der Waals surface area contributed by atoms with Crippen LogP contribution in [0.15, 0.2) is 0 Å². The number of carbonyl (C=O) groups is 3. The first-order valence-corrected chi connectivity index (χ1v) is 7.39. The van der Waals surface area contributed by atoms with E-state index in [2.05, 4.69) is 16.0 Å². The lowest BCUT2D eigenvalue weighted by atomic mass is 9.94. The highest BCUT2D eigenvalue weighted by Gasteiger charge is 2.20. The fourth-order valence-corrected chi connectivity index (χ4v) is 2.48. The molecule has 2 atom stereocenters. The topological polar surface area (TPSA) is 108 Å². The van der Waals surface area contributed by atoms with Gasteiger partial charge in [-0.15, -0.1) is 0 Å². The molecule has 1 rings (SSSR count). The summed E-state index contributed by atoms with van der Waals surface area (Å²) in [6.07, 6.45) is 1.85. The molecule has 0 bridgehead atoms. The highest BCUT2D eigenvalue weighted by Crippen LogP contribution is 2.14. The maximum atomic E-state index is 11.8. The number of hydrogen-bond acceptors (Lipinski definition) is 3. The number of carboxylic acid groups (broad SMARTS) is 1. The Balaban J connectivity index is 2.31. The van der Waals surface area contributed by atoms with E-state index in [0.717, 1.165) is 6.42 Å². The molecule has 0 saturated carbocycles. The van der Waals surface area contributed by atoms with Crippen LogP contribution in [0.1, 0.15) is 39.5 Å². The normalized spacial score (nSPS) is 19.8. The molecule has 1 aliphatic rings. The van der Waals surface area contributed by atoms with Crippen LogP contribution in [0, 0.1) is 11.8 Å². The summed E-state index contributed by atoms with van der Waals surface area (Å²) in [5.41, 5.74) is 0. The molecule has 3 amide bonds. The van der Waals surface area contributed by atoms with Crippen molar-refractivity contribution in [3.8, 4) is 0 Å². The molecular weight excluding hydrogens is 274 g/mol. The van der Waals surface area contributed by atoms with Crippen LogP contribution in [-0.2, 0) is 9.59 Å². The molecule has 0 aromatic rings. The predicted molar refractivity (Wildman–Crippen MR) is 77.8 cm³/mol. The second kappa shape index (κ2) is 8.49. The molecule has 0 radical (unpaired) electrons. The van der Waals surface area contributed by atoms with Crippen molar-refractivity contribution >= 4 is 17.9 Å². The molecule has 7 heteroatoms. The van der Waals surface area contributed by atoms with Crippen molar-refractivity contribution in [1.82, 2.24) is 16.0 Å². The summed E-state index contributed by atoms with van der Waals surface area (Å²) in [5.74, 6) is -0.531. The van der Waals surface area contributed by atoms with E-state index in [-0.39, 0.29) is 30.3 Å². The number of piperidine rings is 1. The van der Waals surface area contributed by atoms with E-state index in [4.69, 9.17) is 5.11 Å². The predicted octanol–water partition coefficient (Wildman–Crippen LogP) is 0.701. The van der Waals surface area contributed by atoms with Gasteiger partial charge in [-0.05, 0) is 24.7 Å². The summed E-state index contributed by atoms with van der Waals surface area (Å²) in [4.78, 5) is 33.6. The number of urea groups is 1. The van der Waals surface area contributed by atoms with E-state index in [0.29, 0.717) is 31.8 Å². The number of amides is 3. The van der Waals surface area contributed by atoms with Gasteiger partial charge in [0, 0.05) is 32.0 Å². The third-order valence-electron chi connectivity index (χ3n) is 3.42. The average Bonchev–Trinajstić information content (AvgIpc) is 2.37. The second-order valence-corrected chi connectivity index (χ2v) is 5.99. The van der Waals surface area contributed by atoms with Crippen molar-refractivity contribution in [3.05, 3.63) is 0 Å². The molecular formula is C14H25N3O4. The SMILES string of the molecule is CC(C)CC(CNC(=O)NC1CCC(=O)NC1)CC(=O)O. The number of aliphatic carboxylic acids is 1. The Kier molecular flexibility index (Phi) is 6.98. The van der Waals surface area contributed by atoms with Crippen molar-refractivity contribution in [1.29, 1.82) is 0 Å². The summed E-state index contributed by atoms with van der Waals surface area (Å²) in [6, 6.07) is -0.374. The van der Waals surface area contributed by atoms with E-state index in [1.807, 2.05) is 13.8 Å². The lowest BCUT2D eigenvalue weighted by Crippen LogP contribution is -2.51. The monoisotopic (exact) mass is 299 g/mol. The van der Waals surface area contributed by atoms with Crippen LogP contribution in [0.25, 0.3) is 0 Å². The Morgan fingerprint density at radius 2 is 2.14 bits per heavy atom. The van der Waals surface area contributed by atoms with Gasteiger partial charge in [-0.25, -0.2) is 4.79 Å². The Bertz CT molecular complexity index is 374. The van der Waals surface area contributed by atoms with E-state index >= 15 is 0 Å². The first kappa shape index (κ1) is 17.3. The summed E-state index contributed by atoms with van der Waals surface area (Å²) in [7, 11) is 0. The Morgan fingerprint density at radius 3 is 2.67 bits per heavy atom. The van der Waals surface area contributed by atoms with Crippen LogP contribution in [0.3, 0.4) is 0 Å². The number of carbonyl (C=O) groups excluding carboxylic acids is 2. The average molecular weight is 299 g/mol. The molecule has 120 valence electrons. The first-order valence-electron chi connectivity index (χ1n) is 7.39. The van der Waals surface area contributed by atoms with Gasteiger partial charge < -0.3 is 21.1 Å². The van der Waals surface area contributed by atoms with Crippen molar-refractivity contribution in [3.63, 3.8) is 0 Å². The molecule has 1 saturated heterocycles. The van der Waals surface area contributed by atoms with Gasteiger partial charge in [0.15, 0.2) is 0 Å². The van der Waals surface area contributed by atoms with Crippen molar-refractivity contribution in [2.24, 2.45) is 11.8 Å². The standard InChI is InChI=1S/C14H25N3O4/c1-9(2)5-10(6-13(19)20)7-16-14(21)17-11-3-4-12(18)15-8-11/h9-11H,3-8H2,1-2H3,(H,15,18)(H,19,20)(H2,16,17,21). The van der Waals surface area contributed by atoms with Gasteiger partial charge in [-0.3, -0.25) is 9.59 Å². The lowest BCUT2D eigenvalue weighted by Gasteiger charge is -2.24. The number of nitrogens with one attached hydrogen (secondary N) is 3. The second-order valence-electron chi connectivity index (χ2n) is 5.99. The maximum Gasteiger partial charge on any atom is 0.315 e. The van der Waals surface area contributed by atoms with Gasteiger partial charge in [0.2, 0.25) is 5.91 Å². The Hall–Kier alpha value is -1.79. The molecule has 0 aromatic heterocycles. The number of hydrogen-bond donors (Lipinski definition) is 4. The van der Waals surface area contributed by atoms with Crippen molar-refractivity contribution < 1.29 is 19.5 Å². The van der Waals surface area contributed by atoms with Crippen LogP contribution in [-0.4, -0.2) is 42.1 Å². The minimum atomic E-state index is -0.849. The minimum absolute atomic E-state index is 0.00640. The van der Waals surface area contributed by atoms with Crippen LogP contribution >= 0.6 is 0 Å². The van der Waals surface area contributed by atoms with Gasteiger partial charge in [0.25, 0.3) is 0 Å². The maximum absolute atomic E-state index is 11.8. The Morgan fingerprint density at radius 1 is 1.43 bits per heavy atom. The molecule has 0 spiro atoms. The summed E-state index contributed by atoms with van der Waals surface area (Å²) < 4.78 is 0. The van der Waals surface area contributed by atoms with Crippen LogP contribution in [0.5, 0.6) is 0 Å². The lowest BCUT2D eigenvalue weighted by molar-refractivity contribution is -0.138. The molecule has 4 N–H and O–H groups in total. The smallest absolute Gasteiger partial charge is 0.315 e. The molecule has 1 heterocycles.